The number of aldehydes is 1. The zero-order valence-electron chi connectivity index (χ0n) is 18.9. The highest BCUT2D eigenvalue weighted by molar-refractivity contribution is 5.80. The lowest BCUT2D eigenvalue weighted by Crippen LogP contribution is -2.40. The van der Waals surface area contributed by atoms with Crippen molar-refractivity contribution >= 4 is 6.29 Å². The number of aryl methyl sites for hydroxylation is 1. The van der Waals surface area contributed by atoms with Gasteiger partial charge >= 0.3 is 0 Å². The maximum absolute atomic E-state index is 11.8. The minimum absolute atomic E-state index is 0.359. The summed E-state index contributed by atoms with van der Waals surface area (Å²) in [5.74, 6) is 0.651. The van der Waals surface area contributed by atoms with Crippen molar-refractivity contribution in [2.45, 2.75) is 38.6 Å². The predicted molar refractivity (Wildman–Crippen MR) is 125 cm³/mol. The largest absolute Gasteiger partial charge is 0.477 e. The minimum atomic E-state index is 0.359. The van der Waals surface area contributed by atoms with Gasteiger partial charge in [-0.15, -0.1) is 0 Å². The molecule has 1 unspecified atom stereocenters. The van der Waals surface area contributed by atoms with Crippen LogP contribution in [0.25, 0.3) is 5.69 Å². The highest BCUT2D eigenvalue weighted by Gasteiger charge is 2.19. The van der Waals surface area contributed by atoms with Gasteiger partial charge in [-0.05, 0) is 79.8 Å². The zero-order chi connectivity index (χ0) is 22.3. The number of nitrogens with zero attached hydrogens (tertiary/aromatic N) is 3. The Kier molecular flexibility index (Phi) is 7.35. The summed E-state index contributed by atoms with van der Waals surface area (Å²) < 4.78 is 13.5. The van der Waals surface area contributed by atoms with Crippen molar-refractivity contribution in [3.05, 3.63) is 77.1 Å². The number of rotatable bonds is 9. The van der Waals surface area contributed by atoms with E-state index in [1.54, 1.807) is 6.20 Å². The van der Waals surface area contributed by atoms with Gasteiger partial charge in [-0.2, -0.15) is 5.10 Å². The molecule has 1 saturated heterocycles. The first-order valence-electron chi connectivity index (χ1n) is 11.3. The van der Waals surface area contributed by atoms with E-state index in [-0.39, 0.29) is 0 Å². The van der Waals surface area contributed by atoms with Crippen molar-refractivity contribution in [1.29, 1.82) is 0 Å². The van der Waals surface area contributed by atoms with Gasteiger partial charge in [-0.1, -0.05) is 19.1 Å². The van der Waals surface area contributed by atoms with Crippen molar-refractivity contribution in [3.8, 4) is 11.4 Å². The molecule has 0 saturated carbocycles. The van der Waals surface area contributed by atoms with Crippen LogP contribution in [-0.4, -0.2) is 54.0 Å². The Bertz CT molecular complexity index is 1010. The fourth-order valence-electron chi connectivity index (χ4n) is 4.15. The standard InChI is InChI=1S/C26H31N3O3/c1-3-21-16-26(32-19-28(2)25-6-4-13-31-18-25)23(17-30)15-22(21)14-20-7-9-24(10-8-20)29-12-5-11-27-29/h5,7-12,15-17,25H,3-4,6,13-14,18-19H2,1-2H3. The molecule has 1 aliphatic heterocycles. The Morgan fingerprint density at radius 3 is 2.75 bits per heavy atom. The van der Waals surface area contributed by atoms with Crippen molar-refractivity contribution in [2.75, 3.05) is 27.0 Å². The van der Waals surface area contributed by atoms with E-state index in [9.17, 15) is 4.79 Å². The molecule has 0 radical (unpaired) electrons. The van der Waals surface area contributed by atoms with Gasteiger partial charge < -0.3 is 9.47 Å². The van der Waals surface area contributed by atoms with Crippen LogP contribution in [0.2, 0.25) is 0 Å². The predicted octanol–water partition coefficient (Wildman–Crippen LogP) is 4.29. The van der Waals surface area contributed by atoms with Crippen molar-refractivity contribution in [2.24, 2.45) is 0 Å². The SMILES string of the molecule is CCc1cc(OCN(C)C2CCCOC2)c(C=O)cc1Cc1ccc(-n2cccn2)cc1. The number of aromatic nitrogens is 2. The third kappa shape index (κ3) is 5.26. The van der Waals surface area contributed by atoms with E-state index in [1.165, 1.54) is 11.1 Å². The first-order chi connectivity index (χ1) is 15.7. The molecule has 0 N–H and O–H groups in total. The Hall–Kier alpha value is -2.96. The Morgan fingerprint density at radius 1 is 1.25 bits per heavy atom. The van der Waals surface area contributed by atoms with E-state index in [1.807, 2.05) is 36.1 Å². The lowest BCUT2D eigenvalue weighted by molar-refractivity contribution is 0.00215. The lowest BCUT2D eigenvalue weighted by Gasteiger charge is -2.31. The molecule has 0 amide bonds. The molecule has 1 aromatic heterocycles. The number of likely N-dealkylation sites (N-methyl/N-ethyl adjacent to an activating group) is 1. The number of hydrogen-bond acceptors (Lipinski definition) is 5. The van der Waals surface area contributed by atoms with E-state index in [0.717, 1.165) is 56.4 Å². The molecule has 6 nitrogen and oxygen atoms in total. The van der Waals surface area contributed by atoms with Gasteiger partial charge in [0.15, 0.2) is 6.29 Å². The first-order valence-corrected chi connectivity index (χ1v) is 11.3. The van der Waals surface area contributed by atoms with E-state index >= 15 is 0 Å². The van der Waals surface area contributed by atoms with Crippen LogP contribution in [0.4, 0.5) is 0 Å². The van der Waals surface area contributed by atoms with Gasteiger partial charge in [-0.25, -0.2) is 4.68 Å². The van der Waals surface area contributed by atoms with Crippen molar-refractivity contribution in [3.63, 3.8) is 0 Å². The third-order valence-corrected chi connectivity index (χ3v) is 6.12. The maximum Gasteiger partial charge on any atom is 0.153 e. The molecule has 0 aliphatic carbocycles. The van der Waals surface area contributed by atoms with Gasteiger partial charge in [0, 0.05) is 25.0 Å². The Morgan fingerprint density at radius 2 is 2.09 bits per heavy atom. The Labute approximate surface area is 189 Å². The van der Waals surface area contributed by atoms with E-state index in [0.29, 0.717) is 24.1 Å². The van der Waals surface area contributed by atoms with Crippen LogP contribution in [-0.2, 0) is 17.6 Å². The molecule has 6 heteroatoms. The summed E-state index contributed by atoms with van der Waals surface area (Å²) in [6.07, 6.45) is 8.42. The minimum Gasteiger partial charge on any atom is -0.477 e. The number of carbonyl (C=O) groups is 1. The summed E-state index contributed by atoms with van der Waals surface area (Å²) >= 11 is 0. The maximum atomic E-state index is 11.8. The van der Waals surface area contributed by atoms with Crippen LogP contribution in [0.15, 0.2) is 54.9 Å². The summed E-state index contributed by atoms with van der Waals surface area (Å²) in [5.41, 5.74) is 5.17. The molecule has 168 valence electrons. The van der Waals surface area contributed by atoms with Crippen LogP contribution in [0.5, 0.6) is 5.75 Å². The molecule has 1 aliphatic rings. The molecule has 4 rings (SSSR count). The molecule has 2 heterocycles. The average Bonchev–Trinajstić information content (AvgIpc) is 3.38. The van der Waals surface area contributed by atoms with Gasteiger partial charge in [0.1, 0.15) is 12.5 Å². The highest BCUT2D eigenvalue weighted by Crippen LogP contribution is 2.26. The van der Waals surface area contributed by atoms with Gasteiger partial charge in [0.2, 0.25) is 0 Å². The molecule has 2 aromatic carbocycles. The zero-order valence-corrected chi connectivity index (χ0v) is 18.9. The monoisotopic (exact) mass is 433 g/mol. The molecule has 0 spiro atoms. The van der Waals surface area contributed by atoms with Crippen LogP contribution < -0.4 is 4.74 Å². The molecule has 3 aromatic rings. The summed E-state index contributed by atoms with van der Waals surface area (Å²) in [6.45, 7) is 4.15. The van der Waals surface area contributed by atoms with E-state index < -0.39 is 0 Å². The Balaban J connectivity index is 1.47. The average molecular weight is 434 g/mol. The van der Waals surface area contributed by atoms with Crippen LogP contribution in [0, 0.1) is 0 Å². The molecule has 0 bridgehead atoms. The molecule has 32 heavy (non-hydrogen) atoms. The van der Waals surface area contributed by atoms with E-state index in [4.69, 9.17) is 9.47 Å². The molecular formula is C26H31N3O3. The molecule has 1 fully saturated rings. The number of benzene rings is 2. The van der Waals surface area contributed by atoms with Crippen LogP contribution in [0.1, 0.15) is 46.8 Å². The second-order valence-electron chi connectivity index (χ2n) is 8.33. The van der Waals surface area contributed by atoms with Crippen molar-refractivity contribution < 1.29 is 14.3 Å². The number of ether oxygens (including phenoxy) is 2. The topological polar surface area (TPSA) is 56.6 Å². The van der Waals surface area contributed by atoms with Gasteiger partial charge in [0.25, 0.3) is 0 Å². The molecular weight excluding hydrogens is 402 g/mol. The summed E-state index contributed by atoms with van der Waals surface area (Å²) in [5, 5.41) is 4.27. The summed E-state index contributed by atoms with van der Waals surface area (Å²) in [6, 6.07) is 14.6. The lowest BCUT2D eigenvalue weighted by atomic mass is 9.95. The fourth-order valence-corrected chi connectivity index (χ4v) is 4.15. The van der Waals surface area contributed by atoms with Crippen LogP contribution >= 0.6 is 0 Å². The third-order valence-electron chi connectivity index (χ3n) is 6.12. The quantitative estimate of drug-likeness (QED) is 0.372. The molecule has 1 atom stereocenters. The number of hydrogen-bond donors (Lipinski definition) is 0. The summed E-state index contributed by atoms with van der Waals surface area (Å²) in [7, 11) is 2.04. The fraction of sp³-hybridized carbons (Fsp3) is 0.385. The summed E-state index contributed by atoms with van der Waals surface area (Å²) in [4.78, 5) is 14.0. The van der Waals surface area contributed by atoms with E-state index in [2.05, 4.69) is 41.2 Å². The second kappa shape index (κ2) is 10.6. The van der Waals surface area contributed by atoms with Crippen LogP contribution in [0.3, 0.4) is 0 Å². The van der Waals surface area contributed by atoms with Gasteiger partial charge in [-0.3, -0.25) is 9.69 Å². The second-order valence-corrected chi connectivity index (χ2v) is 8.33. The smallest absolute Gasteiger partial charge is 0.153 e. The first kappa shape index (κ1) is 22.2. The highest BCUT2D eigenvalue weighted by atomic mass is 16.5. The van der Waals surface area contributed by atoms with Crippen molar-refractivity contribution in [1.82, 2.24) is 14.7 Å². The normalized spacial score (nSPS) is 16.3. The number of carbonyl (C=O) groups excluding carboxylic acids is 1. The van der Waals surface area contributed by atoms with Gasteiger partial charge in [0.05, 0.1) is 17.9 Å².